The van der Waals surface area contributed by atoms with Crippen LogP contribution in [0.2, 0.25) is 0 Å². The van der Waals surface area contributed by atoms with E-state index >= 15 is 8.78 Å². The van der Waals surface area contributed by atoms with Gasteiger partial charge in [0, 0.05) is 16.7 Å². The maximum atomic E-state index is 15.7. The number of halogens is 2. The summed E-state index contributed by atoms with van der Waals surface area (Å²) in [6.45, 7) is 0. The average Bonchev–Trinajstić information content (AvgIpc) is 2.90. The Balaban J connectivity index is 1.75. The van der Waals surface area contributed by atoms with Crippen LogP contribution in [0.5, 0.6) is 0 Å². The third-order valence-corrected chi connectivity index (χ3v) is 5.33. The smallest absolute Gasteiger partial charge is 0.167 e. The van der Waals surface area contributed by atoms with Gasteiger partial charge in [-0.1, -0.05) is 91.0 Å². The van der Waals surface area contributed by atoms with Crippen LogP contribution in [0.25, 0.3) is 45.3 Å². The molecule has 0 amide bonds. The topological polar surface area (TPSA) is 62.5 Å². The van der Waals surface area contributed by atoms with Crippen LogP contribution in [0.15, 0.2) is 97.1 Å². The van der Waals surface area contributed by atoms with Crippen LogP contribution in [0, 0.1) is 23.0 Å². The predicted molar refractivity (Wildman–Crippen MR) is 126 cm³/mol. The van der Waals surface area contributed by atoms with Crippen molar-refractivity contribution in [1.82, 2.24) is 15.0 Å². The Labute approximate surface area is 194 Å². The van der Waals surface area contributed by atoms with Crippen LogP contribution in [-0.2, 0) is 0 Å². The van der Waals surface area contributed by atoms with E-state index < -0.39 is 17.2 Å². The molecule has 34 heavy (non-hydrogen) atoms. The van der Waals surface area contributed by atoms with Gasteiger partial charge >= 0.3 is 0 Å². The van der Waals surface area contributed by atoms with Crippen LogP contribution < -0.4 is 0 Å². The number of hydrogen-bond acceptors (Lipinski definition) is 4. The zero-order valence-electron chi connectivity index (χ0n) is 17.8. The Morgan fingerprint density at radius 1 is 0.588 bits per heavy atom. The molecule has 0 bridgehead atoms. The summed E-state index contributed by atoms with van der Waals surface area (Å²) in [7, 11) is 0. The van der Waals surface area contributed by atoms with Crippen molar-refractivity contribution in [3.8, 4) is 51.4 Å². The Bertz CT molecular complexity index is 1460. The van der Waals surface area contributed by atoms with Crippen LogP contribution in [-0.4, -0.2) is 15.0 Å². The molecule has 0 aliphatic heterocycles. The second kappa shape index (κ2) is 9.00. The second-order valence-electron chi connectivity index (χ2n) is 7.49. The molecule has 6 heteroatoms. The molecule has 0 aliphatic rings. The van der Waals surface area contributed by atoms with Crippen molar-refractivity contribution in [2.75, 3.05) is 0 Å². The minimum Gasteiger partial charge on any atom is -0.208 e. The highest BCUT2D eigenvalue weighted by molar-refractivity contribution is 5.77. The van der Waals surface area contributed by atoms with Gasteiger partial charge in [0.25, 0.3) is 0 Å². The predicted octanol–water partition coefficient (Wildman–Crippen LogP) is 6.69. The van der Waals surface area contributed by atoms with E-state index in [2.05, 4.69) is 15.0 Å². The molecule has 1 heterocycles. The van der Waals surface area contributed by atoms with E-state index in [0.29, 0.717) is 28.3 Å². The van der Waals surface area contributed by atoms with E-state index in [9.17, 15) is 5.26 Å². The van der Waals surface area contributed by atoms with Crippen molar-refractivity contribution in [1.29, 1.82) is 5.26 Å². The van der Waals surface area contributed by atoms with E-state index in [1.54, 1.807) is 30.3 Å². The third-order valence-electron chi connectivity index (χ3n) is 5.33. The van der Waals surface area contributed by atoms with E-state index in [4.69, 9.17) is 0 Å². The van der Waals surface area contributed by atoms with Crippen molar-refractivity contribution in [3.05, 3.63) is 114 Å². The highest BCUT2D eigenvalue weighted by Crippen LogP contribution is 2.34. The van der Waals surface area contributed by atoms with Crippen molar-refractivity contribution in [3.63, 3.8) is 0 Å². The molecule has 4 aromatic carbocycles. The minimum absolute atomic E-state index is 0.0554. The largest absolute Gasteiger partial charge is 0.208 e. The number of nitriles is 1. The van der Waals surface area contributed by atoms with Crippen LogP contribution >= 0.6 is 0 Å². The molecular weight excluding hydrogens is 430 g/mol. The average molecular weight is 446 g/mol. The molecular formula is C28H16F2N4. The molecule has 0 saturated carbocycles. The van der Waals surface area contributed by atoms with Crippen LogP contribution in [0.1, 0.15) is 5.56 Å². The first-order valence-corrected chi connectivity index (χ1v) is 10.5. The van der Waals surface area contributed by atoms with E-state index in [0.717, 1.165) is 6.07 Å². The zero-order valence-corrected chi connectivity index (χ0v) is 17.8. The maximum Gasteiger partial charge on any atom is 0.167 e. The molecule has 162 valence electrons. The van der Waals surface area contributed by atoms with Gasteiger partial charge in [-0.2, -0.15) is 5.26 Å². The van der Waals surface area contributed by atoms with Crippen molar-refractivity contribution < 1.29 is 8.78 Å². The molecule has 0 unspecified atom stereocenters. The van der Waals surface area contributed by atoms with E-state index in [1.807, 2.05) is 66.7 Å². The first kappa shape index (κ1) is 21.1. The fourth-order valence-corrected chi connectivity index (χ4v) is 3.71. The molecule has 0 aliphatic carbocycles. The molecule has 4 nitrogen and oxygen atoms in total. The Morgan fingerprint density at radius 2 is 1.03 bits per heavy atom. The summed E-state index contributed by atoms with van der Waals surface area (Å²) in [5.74, 6) is -1.04. The fraction of sp³-hybridized carbons (Fsp3) is 0. The zero-order chi connectivity index (χ0) is 23.5. The summed E-state index contributed by atoms with van der Waals surface area (Å²) in [5, 5.41) is 9.71. The van der Waals surface area contributed by atoms with Crippen molar-refractivity contribution >= 4 is 0 Å². The molecule has 1 aromatic heterocycles. The lowest BCUT2D eigenvalue weighted by atomic mass is 9.96. The lowest BCUT2D eigenvalue weighted by Gasteiger charge is -2.12. The van der Waals surface area contributed by atoms with Gasteiger partial charge in [-0.25, -0.2) is 23.7 Å². The summed E-state index contributed by atoms with van der Waals surface area (Å²) in [4.78, 5) is 13.4. The SMILES string of the molecule is N#Cc1c(F)c(-c2nc(-c3ccccc3)nc(-c3ccccc3)n2)cc(F)c1-c1ccccc1. The standard InChI is InChI=1S/C28H16F2N4/c29-23-16-21(25(30)22(17-31)24(23)18-10-4-1-5-11-18)28-33-26(19-12-6-2-7-13-19)32-27(34-28)20-14-8-3-9-15-20/h1-16H. The third kappa shape index (κ3) is 3.91. The van der Waals surface area contributed by atoms with Gasteiger partial charge in [-0.15, -0.1) is 0 Å². The first-order chi connectivity index (χ1) is 16.7. The Morgan fingerprint density at radius 3 is 1.50 bits per heavy atom. The molecule has 0 radical (unpaired) electrons. The van der Waals surface area contributed by atoms with Crippen LogP contribution in [0.3, 0.4) is 0 Å². The highest BCUT2D eigenvalue weighted by atomic mass is 19.1. The molecule has 0 saturated heterocycles. The lowest BCUT2D eigenvalue weighted by molar-refractivity contribution is 0.602. The summed E-state index contributed by atoms with van der Waals surface area (Å²) < 4.78 is 31.0. The van der Waals surface area contributed by atoms with Crippen LogP contribution in [0.4, 0.5) is 8.78 Å². The Hall–Kier alpha value is -4.76. The quantitative estimate of drug-likeness (QED) is 0.309. The van der Waals surface area contributed by atoms with E-state index in [-0.39, 0.29) is 17.0 Å². The summed E-state index contributed by atoms with van der Waals surface area (Å²) >= 11 is 0. The molecule has 0 spiro atoms. The molecule has 5 rings (SSSR count). The molecule has 0 fully saturated rings. The molecule has 5 aromatic rings. The highest BCUT2D eigenvalue weighted by Gasteiger charge is 2.23. The monoisotopic (exact) mass is 446 g/mol. The lowest BCUT2D eigenvalue weighted by Crippen LogP contribution is -2.04. The normalized spacial score (nSPS) is 10.6. The Kier molecular flexibility index (Phi) is 5.59. The summed E-state index contributed by atoms with van der Waals surface area (Å²) in [6, 6.07) is 29.6. The van der Waals surface area contributed by atoms with E-state index in [1.165, 1.54) is 0 Å². The number of nitrogens with zero attached hydrogens (tertiary/aromatic N) is 4. The maximum absolute atomic E-state index is 15.7. The van der Waals surface area contributed by atoms with Gasteiger partial charge in [0.15, 0.2) is 23.3 Å². The van der Waals surface area contributed by atoms with Crippen molar-refractivity contribution in [2.24, 2.45) is 0 Å². The summed E-state index contributed by atoms with van der Waals surface area (Å²) in [6.07, 6.45) is 0. The minimum atomic E-state index is -0.882. The summed E-state index contributed by atoms with van der Waals surface area (Å²) in [5.41, 5.74) is 1.11. The van der Waals surface area contributed by atoms with Crippen molar-refractivity contribution in [2.45, 2.75) is 0 Å². The second-order valence-corrected chi connectivity index (χ2v) is 7.49. The van der Waals surface area contributed by atoms with Gasteiger partial charge in [-0.05, 0) is 11.6 Å². The van der Waals surface area contributed by atoms with Gasteiger partial charge in [0.05, 0.1) is 11.1 Å². The number of hydrogen-bond donors (Lipinski definition) is 0. The number of rotatable bonds is 4. The van der Waals surface area contributed by atoms with Gasteiger partial charge in [-0.3, -0.25) is 0 Å². The number of benzene rings is 4. The molecule has 0 N–H and O–H groups in total. The van der Waals surface area contributed by atoms with Gasteiger partial charge in [0.1, 0.15) is 11.9 Å². The van der Waals surface area contributed by atoms with Gasteiger partial charge < -0.3 is 0 Å². The molecule has 0 atom stereocenters. The first-order valence-electron chi connectivity index (χ1n) is 10.5. The number of aromatic nitrogens is 3. The van der Waals surface area contributed by atoms with Gasteiger partial charge in [0.2, 0.25) is 0 Å². The fourth-order valence-electron chi connectivity index (χ4n) is 3.71.